The maximum atomic E-state index is 13.1. The Morgan fingerprint density at radius 3 is 1.95 bits per heavy atom. The molecule has 0 radical (unpaired) electrons. The second-order valence-electron chi connectivity index (χ2n) is 4.29. The summed E-state index contributed by atoms with van der Waals surface area (Å²) in [7, 11) is 0. The maximum Gasteiger partial charge on any atom is 0.126 e. The summed E-state index contributed by atoms with van der Waals surface area (Å²) in [4.78, 5) is 0. The standard InChI is InChI=1S/C14H11Cl2F2N/c15-10-4-9(5-11(16)6-10)14(19)3-8-1-12(17)7-13(18)2-8/h1-2,4-7,14H,3,19H2. The van der Waals surface area contributed by atoms with E-state index in [-0.39, 0.29) is 0 Å². The molecule has 0 fully saturated rings. The third-order valence-electron chi connectivity index (χ3n) is 2.69. The monoisotopic (exact) mass is 301 g/mol. The summed E-state index contributed by atoms with van der Waals surface area (Å²) < 4.78 is 26.2. The van der Waals surface area contributed by atoms with Gasteiger partial charge in [0.05, 0.1) is 0 Å². The Morgan fingerprint density at radius 2 is 1.42 bits per heavy atom. The van der Waals surface area contributed by atoms with Gasteiger partial charge in [0.1, 0.15) is 11.6 Å². The molecular weight excluding hydrogens is 291 g/mol. The van der Waals surface area contributed by atoms with Crippen molar-refractivity contribution in [2.24, 2.45) is 5.73 Å². The van der Waals surface area contributed by atoms with Crippen molar-refractivity contribution in [3.63, 3.8) is 0 Å². The minimum absolute atomic E-state index is 0.297. The third kappa shape index (κ3) is 3.90. The van der Waals surface area contributed by atoms with Gasteiger partial charge >= 0.3 is 0 Å². The average molecular weight is 302 g/mol. The van der Waals surface area contributed by atoms with Crippen LogP contribution in [0.2, 0.25) is 10.0 Å². The zero-order valence-corrected chi connectivity index (χ0v) is 11.3. The van der Waals surface area contributed by atoms with Crippen molar-refractivity contribution in [3.8, 4) is 0 Å². The number of rotatable bonds is 3. The largest absolute Gasteiger partial charge is 0.324 e. The van der Waals surface area contributed by atoms with Crippen molar-refractivity contribution < 1.29 is 8.78 Å². The highest BCUT2D eigenvalue weighted by Crippen LogP contribution is 2.24. The lowest BCUT2D eigenvalue weighted by molar-refractivity contribution is 0.576. The first-order valence-electron chi connectivity index (χ1n) is 5.60. The molecule has 100 valence electrons. The Morgan fingerprint density at radius 1 is 0.895 bits per heavy atom. The van der Waals surface area contributed by atoms with Crippen molar-refractivity contribution in [1.29, 1.82) is 0 Å². The summed E-state index contributed by atoms with van der Waals surface area (Å²) in [6, 6.07) is 7.88. The summed E-state index contributed by atoms with van der Waals surface area (Å²) in [5, 5.41) is 0.951. The van der Waals surface area contributed by atoms with Crippen molar-refractivity contribution in [2.45, 2.75) is 12.5 Å². The number of nitrogens with two attached hydrogens (primary N) is 1. The van der Waals surface area contributed by atoms with Gasteiger partial charge in [-0.05, 0) is 47.9 Å². The first kappa shape index (κ1) is 14.3. The maximum absolute atomic E-state index is 13.1. The second kappa shape index (κ2) is 5.87. The number of hydrogen-bond donors (Lipinski definition) is 1. The van der Waals surface area contributed by atoms with Gasteiger partial charge in [0.2, 0.25) is 0 Å². The van der Waals surface area contributed by atoms with Gasteiger partial charge in [0.25, 0.3) is 0 Å². The van der Waals surface area contributed by atoms with Crippen molar-refractivity contribution >= 4 is 23.2 Å². The molecular formula is C14H11Cl2F2N. The normalized spacial score (nSPS) is 12.5. The lowest BCUT2D eigenvalue weighted by Crippen LogP contribution is -2.13. The van der Waals surface area contributed by atoms with E-state index in [4.69, 9.17) is 28.9 Å². The Balaban J connectivity index is 2.22. The van der Waals surface area contributed by atoms with E-state index in [0.29, 0.717) is 22.0 Å². The van der Waals surface area contributed by atoms with Gasteiger partial charge in [-0.25, -0.2) is 8.78 Å². The molecule has 0 spiro atoms. The first-order chi connectivity index (χ1) is 8.94. The van der Waals surface area contributed by atoms with Gasteiger partial charge in [-0.2, -0.15) is 0 Å². The van der Waals surface area contributed by atoms with E-state index in [0.717, 1.165) is 11.6 Å². The van der Waals surface area contributed by atoms with E-state index in [2.05, 4.69) is 0 Å². The van der Waals surface area contributed by atoms with E-state index >= 15 is 0 Å². The fourth-order valence-corrected chi connectivity index (χ4v) is 2.43. The minimum atomic E-state index is -0.619. The molecule has 0 aliphatic heterocycles. The molecule has 2 rings (SSSR count). The van der Waals surface area contributed by atoms with Crippen LogP contribution in [0, 0.1) is 11.6 Å². The highest BCUT2D eigenvalue weighted by atomic mass is 35.5. The van der Waals surface area contributed by atoms with Crippen LogP contribution in [0.1, 0.15) is 17.2 Å². The van der Waals surface area contributed by atoms with Crippen LogP contribution in [0.15, 0.2) is 36.4 Å². The molecule has 0 saturated carbocycles. The van der Waals surface area contributed by atoms with E-state index in [1.165, 1.54) is 12.1 Å². The number of halogens is 4. The van der Waals surface area contributed by atoms with E-state index in [1.807, 2.05) is 0 Å². The van der Waals surface area contributed by atoms with E-state index in [9.17, 15) is 8.78 Å². The molecule has 0 aliphatic rings. The molecule has 5 heteroatoms. The molecule has 2 aromatic carbocycles. The average Bonchev–Trinajstić information content (AvgIpc) is 2.25. The smallest absolute Gasteiger partial charge is 0.126 e. The summed E-state index contributed by atoms with van der Waals surface area (Å²) >= 11 is 11.8. The molecule has 19 heavy (non-hydrogen) atoms. The molecule has 0 aliphatic carbocycles. The van der Waals surface area contributed by atoms with Crippen molar-refractivity contribution in [3.05, 3.63) is 69.2 Å². The zero-order valence-electron chi connectivity index (χ0n) is 9.84. The van der Waals surface area contributed by atoms with Crippen LogP contribution in [0.3, 0.4) is 0 Å². The predicted molar refractivity (Wildman–Crippen MR) is 73.5 cm³/mol. The summed E-state index contributed by atoms with van der Waals surface area (Å²) in [6.07, 6.45) is 0.297. The van der Waals surface area contributed by atoms with Crippen LogP contribution >= 0.6 is 23.2 Å². The fraction of sp³-hybridized carbons (Fsp3) is 0.143. The zero-order chi connectivity index (χ0) is 14.0. The molecule has 0 aromatic heterocycles. The first-order valence-corrected chi connectivity index (χ1v) is 6.36. The lowest BCUT2D eigenvalue weighted by atomic mass is 9.99. The molecule has 0 heterocycles. The quantitative estimate of drug-likeness (QED) is 0.886. The molecule has 1 nitrogen and oxygen atoms in total. The van der Waals surface area contributed by atoms with Crippen molar-refractivity contribution in [2.75, 3.05) is 0 Å². The third-order valence-corrected chi connectivity index (χ3v) is 3.13. The predicted octanol–water partition coefficient (Wildman–Crippen LogP) is 4.51. The van der Waals surface area contributed by atoms with Crippen LogP contribution in [0.4, 0.5) is 8.78 Å². The van der Waals surface area contributed by atoms with Crippen LogP contribution in [0.5, 0.6) is 0 Å². The minimum Gasteiger partial charge on any atom is -0.324 e. The van der Waals surface area contributed by atoms with Gasteiger partial charge in [-0.15, -0.1) is 0 Å². The SMILES string of the molecule is NC(Cc1cc(F)cc(F)c1)c1cc(Cl)cc(Cl)c1. The van der Waals surface area contributed by atoms with E-state index < -0.39 is 17.7 Å². The summed E-state index contributed by atoms with van der Waals surface area (Å²) in [5.74, 6) is -1.24. The van der Waals surface area contributed by atoms with Gasteiger partial charge in [0.15, 0.2) is 0 Å². The summed E-state index contributed by atoms with van der Waals surface area (Å²) in [5.41, 5.74) is 7.21. The molecule has 1 atom stereocenters. The molecule has 1 unspecified atom stereocenters. The molecule has 2 aromatic rings. The fourth-order valence-electron chi connectivity index (χ4n) is 1.89. The van der Waals surface area contributed by atoms with Crippen LogP contribution < -0.4 is 5.73 Å². The van der Waals surface area contributed by atoms with Crippen LogP contribution in [-0.2, 0) is 6.42 Å². The Labute approximate surface area is 119 Å². The molecule has 2 N–H and O–H groups in total. The van der Waals surface area contributed by atoms with Gasteiger partial charge < -0.3 is 5.73 Å². The highest BCUT2D eigenvalue weighted by Gasteiger charge is 2.10. The second-order valence-corrected chi connectivity index (χ2v) is 5.16. The molecule has 0 saturated heterocycles. The van der Waals surface area contributed by atoms with Gasteiger partial charge in [-0.3, -0.25) is 0 Å². The van der Waals surface area contributed by atoms with E-state index in [1.54, 1.807) is 18.2 Å². The molecule has 0 amide bonds. The highest BCUT2D eigenvalue weighted by molar-refractivity contribution is 6.34. The lowest BCUT2D eigenvalue weighted by Gasteiger charge is -2.13. The Bertz CT molecular complexity index is 561. The summed E-state index contributed by atoms with van der Waals surface area (Å²) in [6.45, 7) is 0. The Kier molecular flexibility index (Phi) is 4.40. The van der Waals surface area contributed by atoms with Crippen LogP contribution in [0.25, 0.3) is 0 Å². The van der Waals surface area contributed by atoms with Gasteiger partial charge in [0, 0.05) is 22.2 Å². The Hall–Kier alpha value is -1.16. The van der Waals surface area contributed by atoms with Crippen molar-refractivity contribution in [1.82, 2.24) is 0 Å². The van der Waals surface area contributed by atoms with Crippen LogP contribution in [-0.4, -0.2) is 0 Å². The number of benzene rings is 2. The van der Waals surface area contributed by atoms with Gasteiger partial charge in [-0.1, -0.05) is 23.2 Å². The molecule has 0 bridgehead atoms. The topological polar surface area (TPSA) is 26.0 Å². The number of hydrogen-bond acceptors (Lipinski definition) is 1.